The molecule has 1 aromatic heterocycles. The number of carbonyl (C=O) groups is 1. The molecule has 1 atom stereocenters. The first-order chi connectivity index (χ1) is 12.0. The van der Waals surface area contributed by atoms with E-state index in [0.717, 1.165) is 18.4 Å². The van der Waals surface area contributed by atoms with E-state index in [9.17, 15) is 9.59 Å². The standard InChI is InChI=1S/C17H24N4O3S/c1-5-6-9-21-16(23)19-20-17(21)25-12(3)15(22)18-13-10-11(2)7-8-14(13)24-4/h7-8,10,12H,5-6,9H2,1-4H3,(H,18,22)(H,19,23). The summed E-state index contributed by atoms with van der Waals surface area (Å²) in [5, 5.41) is 9.47. The number of hydrogen-bond acceptors (Lipinski definition) is 5. The minimum Gasteiger partial charge on any atom is -0.495 e. The normalized spacial score (nSPS) is 12.0. The van der Waals surface area contributed by atoms with E-state index in [-0.39, 0.29) is 11.6 Å². The molecule has 0 aliphatic rings. The van der Waals surface area contributed by atoms with Crippen molar-refractivity contribution in [2.45, 2.75) is 50.6 Å². The molecule has 136 valence electrons. The lowest BCUT2D eigenvalue weighted by Crippen LogP contribution is -2.24. The van der Waals surface area contributed by atoms with Crippen molar-refractivity contribution in [1.82, 2.24) is 14.8 Å². The van der Waals surface area contributed by atoms with E-state index in [4.69, 9.17) is 4.74 Å². The Balaban J connectivity index is 2.09. The number of ether oxygens (including phenoxy) is 1. The van der Waals surface area contributed by atoms with E-state index in [2.05, 4.69) is 22.4 Å². The number of aryl methyl sites for hydroxylation is 1. The van der Waals surface area contributed by atoms with Crippen LogP contribution in [0.4, 0.5) is 5.69 Å². The van der Waals surface area contributed by atoms with Gasteiger partial charge in [-0.1, -0.05) is 31.2 Å². The highest BCUT2D eigenvalue weighted by atomic mass is 32.2. The number of hydrogen-bond donors (Lipinski definition) is 2. The van der Waals surface area contributed by atoms with Gasteiger partial charge in [-0.3, -0.25) is 9.36 Å². The smallest absolute Gasteiger partial charge is 0.343 e. The molecule has 1 heterocycles. The largest absolute Gasteiger partial charge is 0.495 e. The van der Waals surface area contributed by atoms with Gasteiger partial charge in [-0.15, -0.1) is 5.10 Å². The third-order valence-electron chi connectivity index (χ3n) is 3.72. The molecule has 0 aliphatic carbocycles. The molecule has 1 aromatic carbocycles. The SMILES string of the molecule is CCCCn1c(SC(C)C(=O)Nc2cc(C)ccc2OC)n[nH]c1=O. The number of nitrogens with one attached hydrogen (secondary N) is 2. The van der Waals surface area contributed by atoms with Crippen molar-refractivity contribution in [2.75, 3.05) is 12.4 Å². The number of nitrogens with zero attached hydrogens (tertiary/aromatic N) is 2. The van der Waals surface area contributed by atoms with E-state index in [1.165, 1.54) is 11.8 Å². The fourth-order valence-corrected chi connectivity index (χ4v) is 3.15. The quantitative estimate of drug-likeness (QED) is 0.703. The lowest BCUT2D eigenvalue weighted by molar-refractivity contribution is -0.115. The molecule has 0 saturated carbocycles. The molecule has 7 nitrogen and oxygen atoms in total. The van der Waals surface area contributed by atoms with Gasteiger partial charge in [0.1, 0.15) is 5.75 Å². The Hall–Kier alpha value is -2.22. The van der Waals surface area contributed by atoms with E-state index >= 15 is 0 Å². The predicted molar refractivity (Wildman–Crippen MR) is 99.4 cm³/mol. The lowest BCUT2D eigenvalue weighted by Gasteiger charge is -2.14. The van der Waals surface area contributed by atoms with Crippen molar-refractivity contribution in [3.63, 3.8) is 0 Å². The Bertz CT molecular complexity index is 784. The zero-order chi connectivity index (χ0) is 18.4. The number of thioether (sulfide) groups is 1. The van der Waals surface area contributed by atoms with Crippen LogP contribution in [0.25, 0.3) is 0 Å². The minimum absolute atomic E-state index is 0.175. The van der Waals surface area contributed by atoms with Crippen LogP contribution in [0, 0.1) is 6.92 Å². The fourth-order valence-electron chi connectivity index (χ4n) is 2.27. The highest BCUT2D eigenvalue weighted by Crippen LogP contribution is 2.27. The van der Waals surface area contributed by atoms with Crippen LogP contribution in [0.5, 0.6) is 5.75 Å². The second-order valence-electron chi connectivity index (χ2n) is 5.77. The van der Waals surface area contributed by atoms with Crippen LogP contribution < -0.4 is 15.7 Å². The highest BCUT2D eigenvalue weighted by Gasteiger charge is 2.20. The van der Waals surface area contributed by atoms with Gasteiger partial charge in [0.15, 0.2) is 5.16 Å². The van der Waals surface area contributed by atoms with Crippen molar-refractivity contribution in [2.24, 2.45) is 0 Å². The number of H-pyrrole nitrogens is 1. The number of unbranched alkanes of at least 4 members (excludes halogenated alkanes) is 1. The average Bonchev–Trinajstić information content (AvgIpc) is 2.93. The summed E-state index contributed by atoms with van der Waals surface area (Å²) in [6, 6.07) is 5.60. The van der Waals surface area contributed by atoms with Gasteiger partial charge < -0.3 is 10.1 Å². The molecule has 2 aromatic rings. The van der Waals surface area contributed by atoms with Crippen molar-refractivity contribution in [3.05, 3.63) is 34.2 Å². The highest BCUT2D eigenvalue weighted by molar-refractivity contribution is 8.00. The molecule has 2 N–H and O–H groups in total. The number of carbonyl (C=O) groups excluding carboxylic acids is 1. The predicted octanol–water partition coefficient (Wildman–Crippen LogP) is 2.81. The van der Waals surface area contributed by atoms with Crippen molar-refractivity contribution >= 4 is 23.4 Å². The molecular formula is C17H24N4O3S. The maximum Gasteiger partial charge on any atom is 0.343 e. The van der Waals surface area contributed by atoms with Gasteiger partial charge in [-0.2, -0.15) is 0 Å². The number of aromatic amines is 1. The fraction of sp³-hybridized carbons (Fsp3) is 0.471. The van der Waals surface area contributed by atoms with Crippen molar-refractivity contribution in [3.8, 4) is 5.75 Å². The van der Waals surface area contributed by atoms with Crippen LogP contribution in [0.1, 0.15) is 32.3 Å². The monoisotopic (exact) mass is 364 g/mol. The molecule has 0 aliphatic heterocycles. The van der Waals surface area contributed by atoms with Crippen LogP contribution in [0.3, 0.4) is 0 Å². The summed E-state index contributed by atoms with van der Waals surface area (Å²) in [6.45, 7) is 6.38. The molecule has 1 unspecified atom stereocenters. The van der Waals surface area contributed by atoms with E-state index in [1.54, 1.807) is 18.6 Å². The van der Waals surface area contributed by atoms with Crippen LogP contribution >= 0.6 is 11.8 Å². The van der Waals surface area contributed by atoms with Gasteiger partial charge >= 0.3 is 5.69 Å². The molecule has 2 rings (SSSR count). The molecule has 0 radical (unpaired) electrons. The number of rotatable bonds is 8. The second-order valence-corrected chi connectivity index (χ2v) is 7.08. The maximum atomic E-state index is 12.5. The molecule has 1 amide bonds. The Kier molecular flexibility index (Phi) is 6.69. The number of aromatic nitrogens is 3. The first-order valence-electron chi connectivity index (χ1n) is 8.23. The number of benzene rings is 1. The summed E-state index contributed by atoms with van der Waals surface area (Å²) in [5.74, 6) is 0.433. The minimum atomic E-state index is -0.416. The topological polar surface area (TPSA) is 89.0 Å². The second kappa shape index (κ2) is 8.75. The average molecular weight is 364 g/mol. The Morgan fingerprint density at radius 1 is 1.48 bits per heavy atom. The zero-order valence-corrected chi connectivity index (χ0v) is 15.8. The third kappa shape index (κ3) is 4.88. The molecular weight excluding hydrogens is 340 g/mol. The van der Waals surface area contributed by atoms with Crippen LogP contribution in [-0.2, 0) is 11.3 Å². The van der Waals surface area contributed by atoms with Crippen LogP contribution in [0.15, 0.2) is 28.2 Å². The van der Waals surface area contributed by atoms with Crippen LogP contribution in [-0.4, -0.2) is 33.0 Å². The third-order valence-corrected chi connectivity index (χ3v) is 4.81. The molecule has 0 fully saturated rings. The summed E-state index contributed by atoms with van der Waals surface area (Å²) in [5.41, 5.74) is 1.41. The molecule has 25 heavy (non-hydrogen) atoms. The zero-order valence-electron chi connectivity index (χ0n) is 15.0. The van der Waals surface area contributed by atoms with Gasteiger partial charge in [0, 0.05) is 6.54 Å². The maximum absolute atomic E-state index is 12.5. The van der Waals surface area contributed by atoms with Crippen LogP contribution in [0.2, 0.25) is 0 Å². The number of methoxy groups -OCH3 is 1. The lowest BCUT2D eigenvalue weighted by atomic mass is 10.2. The number of amides is 1. The Labute approximate surface area is 151 Å². The molecule has 0 saturated heterocycles. The summed E-state index contributed by atoms with van der Waals surface area (Å²) in [6.07, 6.45) is 1.86. The Morgan fingerprint density at radius 3 is 2.92 bits per heavy atom. The van der Waals surface area contributed by atoms with Gasteiger partial charge in [0.25, 0.3) is 0 Å². The van der Waals surface area contributed by atoms with Crippen molar-refractivity contribution < 1.29 is 9.53 Å². The molecule has 0 bridgehead atoms. The van der Waals surface area contributed by atoms with Gasteiger partial charge in [0.2, 0.25) is 5.91 Å². The summed E-state index contributed by atoms with van der Waals surface area (Å²) >= 11 is 1.25. The van der Waals surface area contributed by atoms with E-state index in [1.807, 2.05) is 25.1 Å². The first kappa shape index (κ1) is 19.1. The Morgan fingerprint density at radius 2 is 2.24 bits per heavy atom. The molecule has 0 spiro atoms. The molecule has 8 heteroatoms. The van der Waals surface area contributed by atoms with E-state index in [0.29, 0.717) is 23.1 Å². The van der Waals surface area contributed by atoms with Gasteiger partial charge in [-0.25, -0.2) is 9.89 Å². The number of anilines is 1. The van der Waals surface area contributed by atoms with Gasteiger partial charge in [0.05, 0.1) is 18.0 Å². The summed E-state index contributed by atoms with van der Waals surface area (Å²) in [4.78, 5) is 24.3. The summed E-state index contributed by atoms with van der Waals surface area (Å²) < 4.78 is 6.86. The van der Waals surface area contributed by atoms with Gasteiger partial charge in [-0.05, 0) is 38.0 Å². The first-order valence-corrected chi connectivity index (χ1v) is 9.11. The van der Waals surface area contributed by atoms with E-state index < -0.39 is 5.25 Å². The summed E-state index contributed by atoms with van der Waals surface area (Å²) in [7, 11) is 1.56. The van der Waals surface area contributed by atoms with Crippen molar-refractivity contribution in [1.29, 1.82) is 0 Å².